The minimum absolute atomic E-state index is 0.00493. The average molecular weight is 522 g/mol. The van der Waals surface area contributed by atoms with Crippen LogP contribution in [0.1, 0.15) is 15.9 Å². The van der Waals surface area contributed by atoms with E-state index >= 15 is 0 Å². The molecule has 1 aromatic heterocycles. The molecule has 10 nitrogen and oxygen atoms in total. The summed E-state index contributed by atoms with van der Waals surface area (Å²) >= 11 is 0. The molecule has 192 valence electrons. The molecule has 0 radical (unpaired) electrons. The number of hydrogen-bond acceptors (Lipinski definition) is 8. The van der Waals surface area contributed by atoms with E-state index in [0.717, 1.165) is 5.56 Å². The second-order valence-electron chi connectivity index (χ2n) is 8.39. The molecule has 2 N–H and O–H groups in total. The number of amides is 1. The molecule has 3 aromatic carbocycles. The topological polar surface area (TPSA) is 123 Å². The fourth-order valence-electron chi connectivity index (χ4n) is 3.73. The number of benzene rings is 3. The Kier molecular flexibility index (Phi) is 7.16. The highest BCUT2D eigenvalue weighted by molar-refractivity contribution is 7.92. The highest BCUT2D eigenvalue weighted by Gasteiger charge is 2.21. The van der Waals surface area contributed by atoms with Gasteiger partial charge in [-0.05, 0) is 55.0 Å². The molecular formula is C26H27N5O5S. The Labute approximate surface area is 215 Å². The normalized spacial score (nSPS) is 11.2. The summed E-state index contributed by atoms with van der Waals surface area (Å²) in [6.45, 7) is 1.87. The number of carbonyl (C=O) groups is 1. The first-order valence-electron chi connectivity index (χ1n) is 11.2. The van der Waals surface area contributed by atoms with E-state index in [1.165, 1.54) is 29.2 Å². The Hall–Kier alpha value is -4.38. The van der Waals surface area contributed by atoms with Gasteiger partial charge in [-0.2, -0.15) is 0 Å². The summed E-state index contributed by atoms with van der Waals surface area (Å²) < 4.78 is 40.1. The van der Waals surface area contributed by atoms with Crippen LogP contribution >= 0.6 is 0 Å². The Morgan fingerprint density at radius 1 is 0.892 bits per heavy atom. The molecule has 0 atom stereocenters. The van der Waals surface area contributed by atoms with Crippen LogP contribution in [0.5, 0.6) is 11.5 Å². The number of anilines is 3. The van der Waals surface area contributed by atoms with Gasteiger partial charge in [-0.25, -0.2) is 18.4 Å². The SMILES string of the molecule is COc1cc(C)c(OC)c(Nc2nc3ccccc3nc2NS(=O)(=O)c2ccc(C(=O)N(C)C)cc2)c1. The molecule has 4 rings (SSSR count). The maximum Gasteiger partial charge on any atom is 0.263 e. The number of carbonyl (C=O) groups excluding carboxylic acids is 1. The van der Waals surface area contributed by atoms with Crippen molar-refractivity contribution in [3.63, 3.8) is 0 Å². The van der Waals surface area contributed by atoms with Crippen molar-refractivity contribution in [2.45, 2.75) is 11.8 Å². The molecule has 0 saturated heterocycles. The number of nitrogens with zero attached hydrogens (tertiary/aromatic N) is 3. The van der Waals surface area contributed by atoms with Crippen molar-refractivity contribution in [3.05, 3.63) is 71.8 Å². The number of rotatable bonds is 8. The maximum atomic E-state index is 13.3. The van der Waals surface area contributed by atoms with Crippen LogP contribution in [-0.4, -0.2) is 57.5 Å². The van der Waals surface area contributed by atoms with E-state index in [4.69, 9.17) is 9.47 Å². The van der Waals surface area contributed by atoms with E-state index in [-0.39, 0.29) is 22.4 Å². The highest BCUT2D eigenvalue weighted by Crippen LogP contribution is 2.37. The van der Waals surface area contributed by atoms with Gasteiger partial charge in [-0.1, -0.05) is 12.1 Å². The second kappa shape index (κ2) is 10.3. The first kappa shape index (κ1) is 25.7. The van der Waals surface area contributed by atoms with Crippen molar-refractivity contribution >= 4 is 44.3 Å². The van der Waals surface area contributed by atoms with Gasteiger partial charge in [-0.15, -0.1) is 0 Å². The van der Waals surface area contributed by atoms with Gasteiger partial charge in [0.2, 0.25) is 0 Å². The van der Waals surface area contributed by atoms with Crippen molar-refractivity contribution < 1.29 is 22.7 Å². The molecule has 0 bridgehead atoms. The number of ether oxygens (including phenoxy) is 2. The number of nitrogens with one attached hydrogen (secondary N) is 2. The number of methoxy groups -OCH3 is 2. The van der Waals surface area contributed by atoms with Gasteiger partial charge in [0, 0.05) is 25.7 Å². The zero-order valence-electron chi connectivity index (χ0n) is 21.1. The van der Waals surface area contributed by atoms with Crippen LogP contribution in [0.4, 0.5) is 17.3 Å². The number of aromatic nitrogens is 2. The van der Waals surface area contributed by atoms with Crippen LogP contribution in [0.2, 0.25) is 0 Å². The summed E-state index contributed by atoms with van der Waals surface area (Å²) in [6.07, 6.45) is 0. The molecule has 0 spiro atoms. The van der Waals surface area contributed by atoms with E-state index < -0.39 is 10.0 Å². The molecule has 0 saturated carbocycles. The summed E-state index contributed by atoms with van der Waals surface area (Å²) in [4.78, 5) is 22.7. The quantitative estimate of drug-likeness (QED) is 0.354. The van der Waals surface area contributed by atoms with Gasteiger partial charge >= 0.3 is 0 Å². The molecule has 0 fully saturated rings. The maximum absolute atomic E-state index is 13.3. The minimum Gasteiger partial charge on any atom is -0.497 e. The molecule has 1 amide bonds. The zero-order chi connectivity index (χ0) is 26.7. The van der Waals surface area contributed by atoms with Gasteiger partial charge < -0.3 is 19.7 Å². The van der Waals surface area contributed by atoms with E-state index in [0.29, 0.717) is 33.8 Å². The van der Waals surface area contributed by atoms with Crippen LogP contribution < -0.4 is 19.5 Å². The summed E-state index contributed by atoms with van der Waals surface area (Å²) in [5, 5.41) is 3.15. The number of aryl methyl sites for hydroxylation is 1. The highest BCUT2D eigenvalue weighted by atomic mass is 32.2. The predicted octanol–water partition coefficient (Wildman–Crippen LogP) is 4.20. The lowest BCUT2D eigenvalue weighted by molar-refractivity contribution is 0.0827. The van der Waals surface area contributed by atoms with Gasteiger partial charge in [0.15, 0.2) is 11.6 Å². The smallest absolute Gasteiger partial charge is 0.263 e. The summed E-state index contributed by atoms with van der Waals surface area (Å²) in [5.41, 5.74) is 2.78. The third-order valence-corrected chi connectivity index (χ3v) is 6.92. The van der Waals surface area contributed by atoms with E-state index in [1.54, 1.807) is 52.6 Å². The Bertz CT molecular complexity index is 1570. The Morgan fingerprint density at radius 3 is 2.08 bits per heavy atom. The standard InChI is InChI=1S/C26H27N5O5S/c1-16-14-18(35-4)15-22(23(16)36-5)29-24-25(28-21-9-7-6-8-20(21)27-24)30-37(33,34)19-12-10-17(11-13-19)26(32)31(2)3/h6-15H,1-5H3,(H,27,29)(H,28,30). The first-order valence-corrected chi connectivity index (χ1v) is 12.7. The average Bonchev–Trinajstić information content (AvgIpc) is 2.88. The van der Waals surface area contributed by atoms with Crippen molar-refractivity contribution in [1.82, 2.24) is 14.9 Å². The van der Waals surface area contributed by atoms with Gasteiger partial charge in [0.05, 0.1) is 35.8 Å². The second-order valence-corrected chi connectivity index (χ2v) is 10.1. The molecule has 1 heterocycles. The van der Waals surface area contributed by atoms with Crippen LogP contribution in [0.25, 0.3) is 11.0 Å². The van der Waals surface area contributed by atoms with Crippen molar-refractivity contribution in [2.24, 2.45) is 0 Å². The fraction of sp³-hybridized carbons (Fsp3) is 0.192. The lowest BCUT2D eigenvalue weighted by Gasteiger charge is -2.17. The van der Waals surface area contributed by atoms with E-state index in [2.05, 4.69) is 20.0 Å². The van der Waals surface area contributed by atoms with Crippen LogP contribution in [-0.2, 0) is 10.0 Å². The summed E-state index contributed by atoms with van der Waals surface area (Å²) in [7, 11) is 2.28. The Balaban J connectivity index is 1.76. The molecule has 0 unspecified atom stereocenters. The van der Waals surface area contributed by atoms with Gasteiger partial charge in [0.1, 0.15) is 11.5 Å². The Morgan fingerprint density at radius 2 is 1.51 bits per heavy atom. The lowest BCUT2D eigenvalue weighted by Crippen LogP contribution is -2.22. The molecule has 11 heteroatoms. The molecule has 0 aliphatic carbocycles. The van der Waals surface area contributed by atoms with E-state index in [9.17, 15) is 13.2 Å². The fourth-order valence-corrected chi connectivity index (χ4v) is 4.74. The summed E-state index contributed by atoms with van der Waals surface area (Å²) in [5.74, 6) is 1.07. The summed E-state index contributed by atoms with van der Waals surface area (Å²) in [6, 6.07) is 16.3. The van der Waals surface area contributed by atoms with Gasteiger partial charge in [-0.3, -0.25) is 9.52 Å². The minimum atomic E-state index is -4.07. The molecule has 0 aliphatic heterocycles. The largest absolute Gasteiger partial charge is 0.497 e. The van der Waals surface area contributed by atoms with E-state index in [1.807, 2.05) is 19.1 Å². The van der Waals surface area contributed by atoms with Crippen LogP contribution in [0.15, 0.2) is 65.6 Å². The molecule has 0 aliphatic rings. The van der Waals surface area contributed by atoms with Crippen molar-refractivity contribution in [2.75, 3.05) is 38.4 Å². The third-order valence-electron chi connectivity index (χ3n) is 5.56. The number of sulfonamides is 1. The monoisotopic (exact) mass is 521 g/mol. The first-order chi connectivity index (χ1) is 17.6. The third kappa shape index (κ3) is 5.41. The van der Waals surface area contributed by atoms with Gasteiger partial charge in [0.25, 0.3) is 15.9 Å². The predicted molar refractivity (Wildman–Crippen MR) is 142 cm³/mol. The zero-order valence-corrected chi connectivity index (χ0v) is 21.9. The molecule has 4 aromatic rings. The number of hydrogen-bond donors (Lipinski definition) is 2. The molecule has 37 heavy (non-hydrogen) atoms. The number of fused-ring (bicyclic) bond motifs is 1. The lowest BCUT2D eigenvalue weighted by atomic mass is 10.1. The van der Waals surface area contributed by atoms with Crippen molar-refractivity contribution in [1.29, 1.82) is 0 Å². The number of para-hydroxylation sites is 2. The van der Waals surface area contributed by atoms with Crippen molar-refractivity contribution in [3.8, 4) is 11.5 Å². The van der Waals surface area contributed by atoms with Crippen LogP contribution in [0, 0.1) is 6.92 Å². The van der Waals surface area contributed by atoms with Crippen LogP contribution in [0.3, 0.4) is 0 Å². The molecular weight excluding hydrogens is 494 g/mol.